The number of hydrogen-bond donors (Lipinski definition) is 1. The first kappa shape index (κ1) is 12.7. The maximum absolute atomic E-state index is 6.15. The Kier molecular flexibility index (Phi) is 3.31. The molecule has 3 nitrogen and oxygen atoms in total. The zero-order chi connectivity index (χ0) is 13.4. The molecule has 2 aromatic rings. The summed E-state index contributed by atoms with van der Waals surface area (Å²) in [5.74, 6) is 1.77. The predicted molar refractivity (Wildman–Crippen MR) is 79.3 cm³/mol. The van der Waals surface area contributed by atoms with Gasteiger partial charge < -0.3 is 10.3 Å². The topological polar surface area (TPSA) is 43.8 Å². The molecule has 2 N–H and O–H groups in total. The highest BCUT2D eigenvalue weighted by Gasteiger charge is 2.26. The van der Waals surface area contributed by atoms with Crippen LogP contribution in [0, 0.1) is 0 Å². The van der Waals surface area contributed by atoms with Crippen LogP contribution in [0.25, 0.3) is 11.0 Å². The third-order valence-corrected chi connectivity index (χ3v) is 4.22. The molecule has 19 heavy (non-hydrogen) atoms. The zero-order valence-corrected chi connectivity index (χ0v) is 11.8. The summed E-state index contributed by atoms with van der Waals surface area (Å²) >= 11 is 0. The largest absolute Gasteiger partial charge is 0.328 e. The molecule has 1 fully saturated rings. The molecule has 0 radical (unpaired) electrons. The Morgan fingerprint density at radius 1 is 1.26 bits per heavy atom. The Labute approximate surface area is 114 Å². The second-order valence-electron chi connectivity index (χ2n) is 6.05. The monoisotopic (exact) mass is 257 g/mol. The Morgan fingerprint density at radius 2 is 2.05 bits per heavy atom. The molecule has 0 aliphatic heterocycles. The van der Waals surface area contributed by atoms with Gasteiger partial charge in [-0.2, -0.15) is 0 Å². The van der Waals surface area contributed by atoms with Gasteiger partial charge in [0.05, 0.1) is 11.0 Å². The summed E-state index contributed by atoms with van der Waals surface area (Å²) in [7, 11) is 0. The summed E-state index contributed by atoms with van der Waals surface area (Å²) in [6, 6.07) is 9.24. The second kappa shape index (κ2) is 4.97. The standard InChI is InChI=1S/C16H23N3/c1-11(2)19-15-9-4-3-8-14(15)18-16(19)12-6-5-7-13(17)10-12/h3-4,8-9,11-13H,5-7,10,17H2,1-2H3. The second-order valence-corrected chi connectivity index (χ2v) is 6.05. The van der Waals surface area contributed by atoms with E-state index >= 15 is 0 Å². The minimum atomic E-state index is 0.346. The minimum absolute atomic E-state index is 0.346. The number of para-hydroxylation sites is 2. The smallest absolute Gasteiger partial charge is 0.113 e. The van der Waals surface area contributed by atoms with Crippen molar-refractivity contribution in [2.45, 2.75) is 57.5 Å². The lowest BCUT2D eigenvalue weighted by molar-refractivity contribution is 0.369. The van der Waals surface area contributed by atoms with E-state index in [1.807, 2.05) is 0 Å². The van der Waals surface area contributed by atoms with Gasteiger partial charge in [0.15, 0.2) is 0 Å². The van der Waals surface area contributed by atoms with Crippen LogP contribution in [0.5, 0.6) is 0 Å². The number of nitrogens with two attached hydrogens (primary N) is 1. The highest BCUT2D eigenvalue weighted by molar-refractivity contribution is 5.76. The fourth-order valence-electron chi connectivity index (χ4n) is 3.36. The van der Waals surface area contributed by atoms with Crippen LogP contribution in [0.1, 0.15) is 57.3 Å². The van der Waals surface area contributed by atoms with Crippen LogP contribution in [0.4, 0.5) is 0 Å². The summed E-state index contributed by atoms with van der Waals surface area (Å²) in [6.07, 6.45) is 4.70. The maximum Gasteiger partial charge on any atom is 0.113 e. The van der Waals surface area contributed by atoms with Crippen LogP contribution >= 0.6 is 0 Å². The highest BCUT2D eigenvalue weighted by Crippen LogP contribution is 2.34. The van der Waals surface area contributed by atoms with Crippen molar-refractivity contribution in [3.8, 4) is 0 Å². The molecule has 2 atom stereocenters. The average Bonchev–Trinajstić information content (AvgIpc) is 2.78. The first-order chi connectivity index (χ1) is 9.16. The van der Waals surface area contributed by atoms with Gasteiger partial charge in [0.1, 0.15) is 5.82 Å². The van der Waals surface area contributed by atoms with Crippen LogP contribution in [0.3, 0.4) is 0 Å². The Morgan fingerprint density at radius 3 is 2.79 bits per heavy atom. The number of rotatable bonds is 2. The highest BCUT2D eigenvalue weighted by atomic mass is 15.1. The van der Waals surface area contributed by atoms with Crippen LogP contribution < -0.4 is 5.73 Å². The number of fused-ring (bicyclic) bond motifs is 1. The molecule has 0 bridgehead atoms. The summed E-state index contributed by atoms with van der Waals surface area (Å²) in [5, 5.41) is 0. The number of benzene rings is 1. The van der Waals surface area contributed by atoms with Crippen molar-refractivity contribution in [3.63, 3.8) is 0 Å². The summed E-state index contributed by atoms with van der Waals surface area (Å²) < 4.78 is 2.40. The molecule has 1 saturated carbocycles. The van der Waals surface area contributed by atoms with E-state index in [0.29, 0.717) is 18.0 Å². The van der Waals surface area contributed by atoms with E-state index < -0.39 is 0 Å². The third kappa shape index (κ3) is 2.27. The van der Waals surface area contributed by atoms with Gasteiger partial charge in [0, 0.05) is 18.0 Å². The Hall–Kier alpha value is -1.35. The normalized spacial score (nSPS) is 24.2. The van der Waals surface area contributed by atoms with Gasteiger partial charge in [-0.25, -0.2) is 4.98 Å². The molecule has 1 aromatic heterocycles. The Bertz CT molecular complexity index is 570. The van der Waals surface area contributed by atoms with Gasteiger partial charge >= 0.3 is 0 Å². The molecule has 1 heterocycles. The molecule has 0 saturated heterocycles. The van der Waals surface area contributed by atoms with Crippen molar-refractivity contribution in [2.24, 2.45) is 5.73 Å². The molecule has 0 amide bonds. The molecule has 3 heteroatoms. The SMILES string of the molecule is CC(C)n1c(C2CCCC(N)C2)nc2ccccc21. The lowest BCUT2D eigenvalue weighted by Gasteiger charge is -2.27. The molecule has 2 unspecified atom stereocenters. The van der Waals surface area contributed by atoms with E-state index in [-0.39, 0.29) is 0 Å². The van der Waals surface area contributed by atoms with Gasteiger partial charge in [-0.05, 0) is 45.2 Å². The van der Waals surface area contributed by atoms with Gasteiger partial charge in [-0.1, -0.05) is 18.6 Å². The average molecular weight is 257 g/mol. The molecule has 3 rings (SSSR count). The summed E-state index contributed by atoms with van der Waals surface area (Å²) in [4.78, 5) is 4.90. The van der Waals surface area contributed by atoms with E-state index in [0.717, 1.165) is 11.9 Å². The summed E-state index contributed by atoms with van der Waals surface area (Å²) in [6.45, 7) is 4.47. The van der Waals surface area contributed by atoms with Crippen molar-refractivity contribution in [1.82, 2.24) is 9.55 Å². The fourth-order valence-corrected chi connectivity index (χ4v) is 3.36. The molecule has 0 spiro atoms. The van der Waals surface area contributed by atoms with E-state index in [1.54, 1.807) is 0 Å². The first-order valence-corrected chi connectivity index (χ1v) is 7.39. The van der Waals surface area contributed by atoms with Crippen LogP contribution in [0.2, 0.25) is 0 Å². The molecule has 1 aliphatic rings. The van der Waals surface area contributed by atoms with Crippen molar-refractivity contribution < 1.29 is 0 Å². The third-order valence-electron chi connectivity index (χ3n) is 4.22. The van der Waals surface area contributed by atoms with Crippen molar-refractivity contribution in [1.29, 1.82) is 0 Å². The lowest BCUT2D eigenvalue weighted by atomic mass is 9.85. The van der Waals surface area contributed by atoms with Crippen molar-refractivity contribution in [2.75, 3.05) is 0 Å². The maximum atomic E-state index is 6.15. The minimum Gasteiger partial charge on any atom is -0.328 e. The van der Waals surface area contributed by atoms with Gasteiger partial charge in [0.2, 0.25) is 0 Å². The zero-order valence-electron chi connectivity index (χ0n) is 11.8. The molecule has 1 aliphatic carbocycles. The predicted octanol–water partition coefficient (Wildman–Crippen LogP) is 3.60. The number of nitrogens with zero attached hydrogens (tertiary/aromatic N) is 2. The quantitative estimate of drug-likeness (QED) is 0.893. The summed E-state index contributed by atoms with van der Waals surface area (Å²) in [5.41, 5.74) is 8.52. The Balaban J connectivity index is 2.09. The van der Waals surface area contributed by atoms with Crippen molar-refractivity contribution >= 4 is 11.0 Å². The van der Waals surface area contributed by atoms with E-state index in [1.165, 1.54) is 30.6 Å². The van der Waals surface area contributed by atoms with Gasteiger partial charge in [-0.15, -0.1) is 0 Å². The number of aromatic nitrogens is 2. The van der Waals surface area contributed by atoms with Gasteiger partial charge in [0.25, 0.3) is 0 Å². The molecular formula is C16H23N3. The van der Waals surface area contributed by atoms with Crippen molar-refractivity contribution in [3.05, 3.63) is 30.1 Å². The lowest BCUT2D eigenvalue weighted by Crippen LogP contribution is -2.28. The van der Waals surface area contributed by atoms with Crippen LogP contribution in [0.15, 0.2) is 24.3 Å². The van der Waals surface area contributed by atoms with Crippen LogP contribution in [-0.2, 0) is 0 Å². The number of imidazole rings is 1. The fraction of sp³-hybridized carbons (Fsp3) is 0.562. The van der Waals surface area contributed by atoms with E-state index in [2.05, 4.69) is 42.7 Å². The van der Waals surface area contributed by atoms with Gasteiger partial charge in [-0.3, -0.25) is 0 Å². The molecule has 102 valence electrons. The van der Waals surface area contributed by atoms with Crippen LogP contribution in [-0.4, -0.2) is 15.6 Å². The number of hydrogen-bond acceptors (Lipinski definition) is 2. The molecule has 1 aromatic carbocycles. The van der Waals surface area contributed by atoms with E-state index in [4.69, 9.17) is 10.7 Å². The molecular weight excluding hydrogens is 234 g/mol. The first-order valence-electron chi connectivity index (χ1n) is 7.39. The van der Waals surface area contributed by atoms with E-state index in [9.17, 15) is 0 Å².